The van der Waals surface area contributed by atoms with Crippen LogP contribution in [-0.4, -0.2) is 12.9 Å². The van der Waals surface area contributed by atoms with Crippen molar-refractivity contribution in [2.24, 2.45) is 5.10 Å². The van der Waals surface area contributed by atoms with E-state index in [-0.39, 0.29) is 5.17 Å². The lowest BCUT2D eigenvalue weighted by Crippen LogP contribution is -2.97. The average molecular weight is 139 g/mol. The number of hydrogen-bond acceptors (Lipinski definition) is 3. The SMILES string of the molecule is CNC1=N[NH+]([O-])C=CC=C1. The van der Waals surface area contributed by atoms with E-state index in [9.17, 15) is 5.21 Å². The molecular weight excluding hydrogens is 130 g/mol. The number of amidine groups is 1. The molecule has 0 radical (unpaired) electrons. The molecule has 1 aliphatic heterocycles. The molecule has 0 saturated carbocycles. The molecule has 1 heterocycles. The van der Waals surface area contributed by atoms with Crippen LogP contribution in [0.4, 0.5) is 0 Å². The topological polar surface area (TPSA) is 51.9 Å². The van der Waals surface area contributed by atoms with Crippen LogP contribution in [0, 0.1) is 5.21 Å². The Labute approximate surface area is 59.1 Å². The van der Waals surface area contributed by atoms with Gasteiger partial charge in [-0.05, 0) is 12.2 Å². The van der Waals surface area contributed by atoms with Crippen LogP contribution in [0.3, 0.4) is 0 Å². The van der Waals surface area contributed by atoms with Gasteiger partial charge in [-0.2, -0.15) is 0 Å². The quantitative estimate of drug-likeness (QED) is 0.422. The lowest BCUT2D eigenvalue weighted by atomic mass is 10.4. The fraction of sp³-hybridized carbons (Fsp3) is 0.167. The van der Waals surface area contributed by atoms with Gasteiger partial charge in [-0.1, -0.05) is 11.2 Å². The van der Waals surface area contributed by atoms with E-state index >= 15 is 0 Å². The largest absolute Gasteiger partial charge is 0.601 e. The highest BCUT2D eigenvalue weighted by atomic mass is 16.5. The maximum Gasteiger partial charge on any atom is 0.182 e. The second-order valence-corrected chi connectivity index (χ2v) is 1.80. The second-order valence-electron chi connectivity index (χ2n) is 1.80. The Morgan fingerprint density at radius 2 is 2.40 bits per heavy atom. The Bertz CT molecular complexity index is 195. The zero-order valence-electron chi connectivity index (χ0n) is 5.66. The molecule has 1 atom stereocenters. The number of nitrogens with one attached hydrogen (secondary N) is 2. The fourth-order valence-electron chi connectivity index (χ4n) is 0.617. The van der Waals surface area contributed by atoms with Crippen molar-refractivity contribution >= 4 is 5.84 Å². The molecular formula is C6H9N3O. The van der Waals surface area contributed by atoms with Crippen molar-refractivity contribution in [1.29, 1.82) is 0 Å². The smallest absolute Gasteiger partial charge is 0.182 e. The van der Waals surface area contributed by atoms with Crippen molar-refractivity contribution < 1.29 is 5.17 Å². The van der Waals surface area contributed by atoms with Crippen molar-refractivity contribution in [2.45, 2.75) is 0 Å². The van der Waals surface area contributed by atoms with E-state index in [1.54, 1.807) is 25.3 Å². The molecule has 10 heavy (non-hydrogen) atoms. The van der Waals surface area contributed by atoms with Gasteiger partial charge in [-0.15, -0.1) is 0 Å². The molecule has 0 aromatic rings. The third-order valence-electron chi connectivity index (χ3n) is 1.09. The summed E-state index contributed by atoms with van der Waals surface area (Å²) in [5, 5.41) is 16.9. The first-order chi connectivity index (χ1) is 4.83. The molecule has 0 amide bonds. The maximum atomic E-state index is 10.7. The zero-order chi connectivity index (χ0) is 7.40. The first-order valence-corrected chi connectivity index (χ1v) is 2.98. The van der Waals surface area contributed by atoms with Crippen LogP contribution in [0.25, 0.3) is 0 Å². The molecule has 0 saturated heterocycles. The molecule has 1 aliphatic rings. The van der Waals surface area contributed by atoms with Crippen LogP contribution < -0.4 is 10.5 Å². The molecule has 0 spiro atoms. The zero-order valence-corrected chi connectivity index (χ0v) is 5.66. The van der Waals surface area contributed by atoms with Gasteiger partial charge in [0.2, 0.25) is 0 Å². The molecule has 0 aromatic carbocycles. The minimum Gasteiger partial charge on any atom is -0.601 e. The first-order valence-electron chi connectivity index (χ1n) is 2.98. The number of hydroxylamine groups is 1. The van der Waals surface area contributed by atoms with E-state index in [1.807, 2.05) is 0 Å². The number of likely N-dealkylation sites (N-methyl/N-ethyl adjacent to an activating group) is 1. The van der Waals surface area contributed by atoms with E-state index < -0.39 is 0 Å². The van der Waals surface area contributed by atoms with Crippen molar-refractivity contribution in [2.75, 3.05) is 7.05 Å². The number of quaternary nitrogens is 1. The molecule has 0 fully saturated rings. The molecule has 2 N–H and O–H groups in total. The molecule has 1 unspecified atom stereocenters. The summed E-state index contributed by atoms with van der Waals surface area (Å²) in [7, 11) is 1.72. The molecule has 4 heteroatoms. The predicted molar refractivity (Wildman–Crippen MR) is 39.1 cm³/mol. The van der Waals surface area contributed by atoms with Gasteiger partial charge in [0, 0.05) is 7.05 Å². The summed E-state index contributed by atoms with van der Waals surface area (Å²) in [6, 6.07) is 0. The summed E-state index contributed by atoms with van der Waals surface area (Å²) in [6.45, 7) is 0. The van der Waals surface area contributed by atoms with Gasteiger partial charge >= 0.3 is 0 Å². The molecule has 54 valence electrons. The van der Waals surface area contributed by atoms with Gasteiger partial charge in [-0.25, -0.2) is 5.17 Å². The summed E-state index contributed by atoms with van der Waals surface area (Å²) in [4.78, 5) is 0. The van der Waals surface area contributed by atoms with Crippen LogP contribution in [-0.2, 0) is 0 Å². The Balaban J connectivity index is 2.74. The van der Waals surface area contributed by atoms with Crippen molar-refractivity contribution in [3.63, 3.8) is 0 Å². The van der Waals surface area contributed by atoms with Crippen LogP contribution in [0.1, 0.15) is 0 Å². The van der Waals surface area contributed by atoms with Crippen molar-refractivity contribution in [3.8, 4) is 0 Å². The Hall–Kier alpha value is -1.13. The molecule has 4 nitrogen and oxygen atoms in total. The molecule has 1 rings (SSSR count). The minimum absolute atomic E-state index is 0.227. The molecule has 0 aliphatic carbocycles. The van der Waals surface area contributed by atoms with Crippen LogP contribution in [0.2, 0.25) is 0 Å². The second kappa shape index (κ2) is 3.14. The average Bonchev–Trinajstić information content (AvgIpc) is 2.13. The van der Waals surface area contributed by atoms with E-state index in [0.717, 1.165) is 0 Å². The summed E-state index contributed by atoms with van der Waals surface area (Å²) in [5.74, 6) is 0.593. The summed E-state index contributed by atoms with van der Waals surface area (Å²) < 4.78 is 0. The summed E-state index contributed by atoms with van der Waals surface area (Å²) >= 11 is 0. The van der Waals surface area contributed by atoms with E-state index in [2.05, 4.69) is 10.4 Å². The summed E-state index contributed by atoms with van der Waals surface area (Å²) in [6.07, 6.45) is 6.58. The number of rotatable bonds is 0. The van der Waals surface area contributed by atoms with Gasteiger partial charge < -0.3 is 10.5 Å². The van der Waals surface area contributed by atoms with Gasteiger partial charge in [-0.3, -0.25) is 0 Å². The minimum atomic E-state index is -0.227. The third-order valence-corrected chi connectivity index (χ3v) is 1.09. The highest BCUT2D eigenvalue weighted by Crippen LogP contribution is 1.79. The molecule has 0 bridgehead atoms. The standard InChI is InChI=1S/C6H9N3O/c1-7-6-4-2-3-5-9(10)8-6/h2-5,9H,1H3,(H,7,8). The fourth-order valence-corrected chi connectivity index (χ4v) is 0.617. The Morgan fingerprint density at radius 1 is 1.60 bits per heavy atom. The lowest BCUT2D eigenvalue weighted by molar-refractivity contribution is -0.798. The van der Waals surface area contributed by atoms with E-state index in [1.165, 1.54) is 6.20 Å². The number of nitrogens with zero attached hydrogens (tertiary/aromatic N) is 1. The maximum absolute atomic E-state index is 10.7. The molecule has 0 aromatic heterocycles. The van der Waals surface area contributed by atoms with Gasteiger partial charge in [0.1, 0.15) is 6.20 Å². The highest BCUT2D eigenvalue weighted by molar-refractivity contribution is 5.92. The van der Waals surface area contributed by atoms with Gasteiger partial charge in [0.25, 0.3) is 0 Å². The predicted octanol–water partition coefficient (Wildman–Crippen LogP) is -1.01. The lowest BCUT2D eigenvalue weighted by Gasteiger charge is -2.07. The van der Waals surface area contributed by atoms with Crippen LogP contribution in [0.5, 0.6) is 0 Å². The summed E-state index contributed by atoms with van der Waals surface area (Å²) in [5.41, 5.74) is 0. The highest BCUT2D eigenvalue weighted by Gasteiger charge is 1.94. The normalized spacial score (nSPS) is 23.8. The van der Waals surface area contributed by atoms with Gasteiger partial charge in [0.15, 0.2) is 5.84 Å². The Morgan fingerprint density at radius 3 is 3.10 bits per heavy atom. The van der Waals surface area contributed by atoms with Crippen molar-refractivity contribution in [1.82, 2.24) is 5.32 Å². The Kier molecular flexibility index (Phi) is 2.20. The number of allylic oxidation sites excluding steroid dienone is 2. The monoisotopic (exact) mass is 139 g/mol. The number of hydrogen-bond donors (Lipinski definition) is 2. The van der Waals surface area contributed by atoms with E-state index in [4.69, 9.17) is 0 Å². The van der Waals surface area contributed by atoms with Crippen molar-refractivity contribution in [3.05, 3.63) is 29.6 Å². The van der Waals surface area contributed by atoms with Crippen LogP contribution >= 0.6 is 0 Å². The third kappa shape index (κ3) is 1.68. The van der Waals surface area contributed by atoms with Gasteiger partial charge in [0.05, 0.1) is 0 Å². The van der Waals surface area contributed by atoms with Crippen LogP contribution in [0.15, 0.2) is 29.5 Å². The van der Waals surface area contributed by atoms with E-state index in [0.29, 0.717) is 5.84 Å². The first kappa shape index (κ1) is 6.98.